The zero-order valence-corrected chi connectivity index (χ0v) is 15.8. The first kappa shape index (κ1) is 19.5. The molecule has 0 radical (unpaired) electrons. The van der Waals surface area contributed by atoms with Crippen LogP contribution < -0.4 is 19.5 Å². The third-order valence-electron chi connectivity index (χ3n) is 4.58. The smallest absolute Gasteiger partial charge is 0.247 e. The van der Waals surface area contributed by atoms with Crippen molar-refractivity contribution in [3.63, 3.8) is 0 Å². The standard InChI is InChI=1S/C20H21FN2O5/c1-23-16(7-9-19(23)24)20(25)22-15-10-12(5-8-17(15)26-2)28-13-4-6-14(21)18(11-13)27-3/h4-6,8,10-11,16H,7,9H2,1-3H3,(H,22,25). The molecule has 8 heteroatoms. The van der Waals surface area contributed by atoms with Crippen LogP contribution in [-0.4, -0.2) is 44.0 Å². The van der Waals surface area contributed by atoms with Gasteiger partial charge in [-0.2, -0.15) is 0 Å². The quantitative estimate of drug-likeness (QED) is 0.822. The lowest BCUT2D eigenvalue weighted by atomic mass is 10.2. The van der Waals surface area contributed by atoms with E-state index in [1.807, 2.05) is 0 Å². The average Bonchev–Trinajstić information content (AvgIpc) is 3.02. The number of halogens is 1. The molecule has 1 N–H and O–H groups in total. The molecule has 7 nitrogen and oxygen atoms in total. The Hall–Kier alpha value is -3.29. The predicted octanol–water partition coefficient (Wildman–Crippen LogP) is 3.19. The van der Waals surface area contributed by atoms with Crippen LogP contribution in [0.1, 0.15) is 12.8 Å². The summed E-state index contributed by atoms with van der Waals surface area (Å²) in [5.74, 6) is 0.453. The van der Waals surface area contributed by atoms with E-state index in [0.717, 1.165) is 0 Å². The van der Waals surface area contributed by atoms with Gasteiger partial charge >= 0.3 is 0 Å². The molecule has 1 fully saturated rings. The van der Waals surface area contributed by atoms with Crippen molar-refractivity contribution in [1.82, 2.24) is 4.90 Å². The molecule has 0 aliphatic carbocycles. The van der Waals surface area contributed by atoms with Crippen LogP contribution >= 0.6 is 0 Å². The molecule has 1 atom stereocenters. The van der Waals surface area contributed by atoms with Crippen LogP contribution in [0.5, 0.6) is 23.0 Å². The van der Waals surface area contributed by atoms with Crippen LogP contribution in [0.3, 0.4) is 0 Å². The van der Waals surface area contributed by atoms with Crippen molar-refractivity contribution < 1.29 is 28.2 Å². The molecule has 1 saturated heterocycles. The Kier molecular flexibility index (Phi) is 5.67. The summed E-state index contributed by atoms with van der Waals surface area (Å²) in [7, 11) is 4.47. The lowest BCUT2D eigenvalue weighted by Crippen LogP contribution is -2.38. The third-order valence-corrected chi connectivity index (χ3v) is 4.58. The summed E-state index contributed by atoms with van der Waals surface area (Å²) in [6.45, 7) is 0. The summed E-state index contributed by atoms with van der Waals surface area (Å²) in [4.78, 5) is 25.7. The van der Waals surface area contributed by atoms with Crippen LogP contribution in [0.25, 0.3) is 0 Å². The van der Waals surface area contributed by atoms with Gasteiger partial charge in [0.05, 0.1) is 19.9 Å². The molecule has 0 bridgehead atoms. The maximum Gasteiger partial charge on any atom is 0.247 e. The van der Waals surface area contributed by atoms with Gasteiger partial charge in [-0.15, -0.1) is 0 Å². The second-order valence-electron chi connectivity index (χ2n) is 6.31. The molecule has 2 amide bonds. The minimum absolute atomic E-state index is 0.0607. The number of methoxy groups -OCH3 is 2. The number of likely N-dealkylation sites (tertiary alicyclic amines) is 1. The number of likely N-dealkylation sites (N-methyl/N-ethyl adjacent to an activating group) is 1. The molecule has 0 spiro atoms. The van der Waals surface area contributed by atoms with Gasteiger partial charge in [-0.3, -0.25) is 9.59 Å². The van der Waals surface area contributed by atoms with Gasteiger partial charge in [0.1, 0.15) is 23.3 Å². The summed E-state index contributed by atoms with van der Waals surface area (Å²) in [5, 5.41) is 2.79. The van der Waals surface area contributed by atoms with E-state index in [1.165, 1.54) is 37.3 Å². The van der Waals surface area contributed by atoms with E-state index in [0.29, 0.717) is 35.8 Å². The summed E-state index contributed by atoms with van der Waals surface area (Å²) in [6.07, 6.45) is 0.816. The fourth-order valence-corrected chi connectivity index (χ4v) is 3.01. The van der Waals surface area contributed by atoms with Gasteiger partial charge in [0.15, 0.2) is 11.6 Å². The van der Waals surface area contributed by atoms with Crippen molar-refractivity contribution in [2.24, 2.45) is 0 Å². The lowest BCUT2D eigenvalue weighted by Gasteiger charge is -2.20. The molecular formula is C20H21FN2O5. The monoisotopic (exact) mass is 388 g/mol. The fourth-order valence-electron chi connectivity index (χ4n) is 3.01. The van der Waals surface area contributed by atoms with E-state index < -0.39 is 11.9 Å². The van der Waals surface area contributed by atoms with Crippen LogP contribution in [-0.2, 0) is 9.59 Å². The summed E-state index contributed by atoms with van der Waals surface area (Å²) in [6, 6.07) is 8.53. The first-order valence-electron chi connectivity index (χ1n) is 8.69. The molecule has 2 aromatic carbocycles. The molecular weight excluding hydrogens is 367 g/mol. The number of carbonyl (C=O) groups excluding carboxylic acids is 2. The number of hydrogen-bond donors (Lipinski definition) is 1. The largest absolute Gasteiger partial charge is 0.495 e. The lowest BCUT2D eigenvalue weighted by molar-refractivity contribution is -0.131. The molecule has 148 valence electrons. The van der Waals surface area contributed by atoms with E-state index in [9.17, 15) is 14.0 Å². The number of rotatable bonds is 6. The average molecular weight is 388 g/mol. The first-order chi connectivity index (χ1) is 13.4. The highest BCUT2D eigenvalue weighted by molar-refractivity contribution is 5.99. The molecule has 1 unspecified atom stereocenters. The Morgan fingerprint density at radius 3 is 2.43 bits per heavy atom. The molecule has 28 heavy (non-hydrogen) atoms. The highest BCUT2D eigenvalue weighted by atomic mass is 19.1. The number of hydrogen-bond acceptors (Lipinski definition) is 5. The van der Waals surface area contributed by atoms with Gasteiger partial charge in [0, 0.05) is 25.6 Å². The van der Waals surface area contributed by atoms with Crippen LogP contribution in [0, 0.1) is 5.82 Å². The number of nitrogens with one attached hydrogen (secondary N) is 1. The summed E-state index contributed by atoms with van der Waals surface area (Å²) < 4.78 is 29.5. The SMILES string of the molecule is COc1cc(Oc2ccc(OC)c(NC(=O)C3CCC(=O)N3C)c2)ccc1F. The van der Waals surface area contributed by atoms with E-state index in [4.69, 9.17) is 14.2 Å². The van der Waals surface area contributed by atoms with Crippen LogP contribution in [0.2, 0.25) is 0 Å². The molecule has 0 saturated carbocycles. The van der Waals surface area contributed by atoms with Crippen molar-refractivity contribution in [1.29, 1.82) is 0 Å². The Labute approximate surface area is 162 Å². The van der Waals surface area contributed by atoms with Crippen LogP contribution in [0.4, 0.5) is 10.1 Å². The minimum Gasteiger partial charge on any atom is -0.495 e. The number of carbonyl (C=O) groups is 2. The molecule has 2 aromatic rings. The highest BCUT2D eigenvalue weighted by Gasteiger charge is 2.33. The van der Waals surface area contributed by atoms with E-state index in [1.54, 1.807) is 25.2 Å². The first-order valence-corrected chi connectivity index (χ1v) is 8.69. The van der Waals surface area contributed by atoms with Gasteiger partial charge in [0.25, 0.3) is 0 Å². The highest BCUT2D eigenvalue weighted by Crippen LogP contribution is 2.33. The Balaban J connectivity index is 1.80. The topological polar surface area (TPSA) is 77.1 Å². The Bertz CT molecular complexity index is 902. The maximum atomic E-state index is 13.5. The van der Waals surface area contributed by atoms with Gasteiger partial charge < -0.3 is 24.4 Å². The minimum atomic E-state index is -0.525. The van der Waals surface area contributed by atoms with Crippen molar-refractivity contribution in [3.8, 4) is 23.0 Å². The fraction of sp³-hybridized carbons (Fsp3) is 0.300. The van der Waals surface area contributed by atoms with Crippen molar-refractivity contribution >= 4 is 17.5 Å². The number of ether oxygens (including phenoxy) is 3. The van der Waals surface area contributed by atoms with Gasteiger partial charge in [-0.1, -0.05) is 0 Å². The van der Waals surface area contributed by atoms with Gasteiger partial charge in [-0.05, 0) is 30.7 Å². The number of amides is 2. The zero-order valence-electron chi connectivity index (χ0n) is 15.8. The summed E-state index contributed by atoms with van der Waals surface area (Å²) >= 11 is 0. The van der Waals surface area contributed by atoms with E-state index in [-0.39, 0.29) is 17.6 Å². The molecule has 0 aromatic heterocycles. The van der Waals surface area contributed by atoms with E-state index in [2.05, 4.69) is 5.32 Å². The summed E-state index contributed by atoms with van der Waals surface area (Å²) in [5.41, 5.74) is 0.409. The second kappa shape index (κ2) is 8.16. The van der Waals surface area contributed by atoms with Gasteiger partial charge in [0.2, 0.25) is 11.8 Å². The van der Waals surface area contributed by atoms with Crippen molar-refractivity contribution in [3.05, 3.63) is 42.2 Å². The zero-order chi connectivity index (χ0) is 20.3. The number of benzene rings is 2. The van der Waals surface area contributed by atoms with Crippen molar-refractivity contribution in [2.75, 3.05) is 26.6 Å². The molecule has 1 aliphatic heterocycles. The maximum absolute atomic E-state index is 13.5. The molecule has 1 aliphatic rings. The Morgan fingerprint density at radius 1 is 1.11 bits per heavy atom. The van der Waals surface area contributed by atoms with Gasteiger partial charge in [-0.25, -0.2) is 4.39 Å². The number of anilines is 1. The molecule has 3 rings (SSSR count). The third kappa shape index (κ3) is 4.00. The van der Waals surface area contributed by atoms with Crippen molar-refractivity contribution in [2.45, 2.75) is 18.9 Å². The van der Waals surface area contributed by atoms with E-state index >= 15 is 0 Å². The second-order valence-corrected chi connectivity index (χ2v) is 6.31. The normalized spacial score (nSPS) is 16.1. The molecule has 1 heterocycles. The Morgan fingerprint density at radius 2 is 1.79 bits per heavy atom. The predicted molar refractivity (Wildman–Crippen MR) is 100 cm³/mol. The van der Waals surface area contributed by atoms with Crippen LogP contribution in [0.15, 0.2) is 36.4 Å². The number of nitrogens with zero attached hydrogens (tertiary/aromatic N) is 1.